The van der Waals surface area contributed by atoms with Crippen LogP contribution >= 0.6 is 11.8 Å². The quantitative estimate of drug-likeness (QED) is 0.719. The number of fused-ring (bicyclic) bond motifs is 1. The van der Waals surface area contributed by atoms with E-state index in [2.05, 4.69) is 10.3 Å². The Bertz CT molecular complexity index is 842. The number of carbonyl (C=O) groups is 2. The van der Waals surface area contributed by atoms with Gasteiger partial charge in [-0.15, -0.1) is 0 Å². The number of carboxylic acid groups (broad SMARTS) is 1. The summed E-state index contributed by atoms with van der Waals surface area (Å²) >= 11 is 1.13. The maximum atomic E-state index is 12.0. The van der Waals surface area contributed by atoms with Gasteiger partial charge >= 0.3 is 0 Å². The van der Waals surface area contributed by atoms with Gasteiger partial charge < -0.3 is 19.6 Å². The maximum Gasteiger partial charge on any atom is 0.257 e. The van der Waals surface area contributed by atoms with Gasteiger partial charge in [-0.3, -0.25) is 4.79 Å². The fourth-order valence-corrected chi connectivity index (χ4v) is 2.63. The molecule has 0 aliphatic rings. The Hall–Kier alpha value is -2.80. The zero-order chi connectivity index (χ0) is 16.2. The molecule has 0 bridgehead atoms. The molecule has 7 heteroatoms. The summed E-state index contributed by atoms with van der Waals surface area (Å²) in [5, 5.41) is 13.9. The summed E-state index contributed by atoms with van der Waals surface area (Å²) in [6.07, 6.45) is 0. The minimum Gasteiger partial charge on any atom is -0.545 e. The number of thioether (sulfide) groups is 1. The van der Waals surface area contributed by atoms with Crippen molar-refractivity contribution in [2.75, 3.05) is 11.1 Å². The Balaban J connectivity index is 1.65. The number of para-hydroxylation sites is 3. The van der Waals surface area contributed by atoms with E-state index in [0.29, 0.717) is 10.8 Å². The van der Waals surface area contributed by atoms with Gasteiger partial charge in [-0.05, 0) is 18.2 Å². The van der Waals surface area contributed by atoms with Crippen molar-refractivity contribution in [2.24, 2.45) is 0 Å². The number of rotatable bonds is 5. The number of benzene rings is 2. The number of amides is 1. The van der Waals surface area contributed by atoms with Crippen LogP contribution in [0.15, 0.2) is 58.2 Å². The number of nitrogens with zero attached hydrogens (tertiary/aromatic N) is 1. The lowest BCUT2D eigenvalue weighted by Gasteiger charge is -2.10. The van der Waals surface area contributed by atoms with Crippen molar-refractivity contribution < 1.29 is 19.1 Å². The van der Waals surface area contributed by atoms with Crippen molar-refractivity contribution in [1.82, 2.24) is 4.98 Å². The van der Waals surface area contributed by atoms with Gasteiger partial charge in [0.2, 0.25) is 5.91 Å². The van der Waals surface area contributed by atoms with E-state index in [1.807, 2.05) is 18.2 Å². The van der Waals surface area contributed by atoms with E-state index in [9.17, 15) is 14.7 Å². The monoisotopic (exact) mass is 327 g/mol. The zero-order valence-electron chi connectivity index (χ0n) is 11.8. The lowest BCUT2D eigenvalue weighted by Crippen LogP contribution is -2.25. The van der Waals surface area contributed by atoms with Crippen LogP contribution < -0.4 is 10.4 Å². The van der Waals surface area contributed by atoms with Crippen molar-refractivity contribution in [3.05, 3.63) is 54.1 Å². The summed E-state index contributed by atoms with van der Waals surface area (Å²) in [6, 6.07) is 13.4. The second-order valence-corrected chi connectivity index (χ2v) is 5.54. The maximum absolute atomic E-state index is 12.0. The van der Waals surface area contributed by atoms with Crippen LogP contribution in [0.25, 0.3) is 11.1 Å². The summed E-state index contributed by atoms with van der Waals surface area (Å²) in [6.45, 7) is 0. The molecule has 1 aromatic heterocycles. The minimum absolute atomic E-state index is 0.0498. The second kappa shape index (κ2) is 6.53. The smallest absolute Gasteiger partial charge is 0.257 e. The lowest BCUT2D eigenvalue weighted by atomic mass is 10.2. The van der Waals surface area contributed by atoms with Crippen LogP contribution in [0.2, 0.25) is 0 Å². The Kier molecular flexibility index (Phi) is 4.29. The van der Waals surface area contributed by atoms with E-state index >= 15 is 0 Å². The summed E-state index contributed by atoms with van der Waals surface area (Å²) in [4.78, 5) is 27.2. The topological polar surface area (TPSA) is 95.3 Å². The minimum atomic E-state index is -1.34. The van der Waals surface area contributed by atoms with Crippen molar-refractivity contribution in [3.8, 4) is 0 Å². The van der Waals surface area contributed by atoms with Crippen LogP contribution in [0.4, 0.5) is 5.69 Å². The van der Waals surface area contributed by atoms with Gasteiger partial charge in [0.15, 0.2) is 5.58 Å². The molecular weight excluding hydrogens is 316 g/mol. The van der Waals surface area contributed by atoms with E-state index in [4.69, 9.17) is 4.42 Å². The fourth-order valence-electron chi connectivity index (χ4n) is 2.00. The molecule has 0 saturated heterocycles. The van der Waals surface area contributed by atoms with E-state index < -0.39 is 5.97 Å². The Labute approximate surface area is 135 Å². The number of aromatic nitrogens is 1. The predicted octanol–water partition coefficient (Wildman–Crippen LogP) is 1.92. The third-order valence-corrected chi connectivity index (χ3v) is 3.85. The summed E-state index contributed by atoms with van der Waals surface area (Å²) < 4.78 is 5.50. The highest BCUT2D eigenvalue weighted by Crippen LogP contribution is 2.23. The van der Waals surface area contributed by atoms with Gasteiger partial charge in [0.25, 0.3) is 5.22 Å². The number of oxazole rings is 1. The molecule has 0 aliphatic carbocycles. The van der Waals surface area contributed by atoms with Gasteiger partial charge in [0, 0.05) is 11.3 Å². The highest BCUT2D eigenvalue weighted by molar-refractivity contribution is 7.99. The second-order valence-electron chi connectivity index (χ2n) is 4.62. The standard InChI is InChI=1S/C16H12N2O4S/c19-14(17-11-6-2-1-5-10(11)15(20)21)9-23-16-18-12-7-3-4-8-13(12)22-16/h1-8H,9H2,(H,17,19)(H,20,21)/p-1. The van der Waals surface area contributed by atoms with Crippen molar-refractivity contribution in [1.29, 1.82) is 0 Å². The predicted molar refractivity (Wildman–Crippen MR) is 84.1 cm³/mol. The molecule has 1 N–H and O–H groups in total. The number of nitrogens with one attached hydrogen (secondary N) is 1. The van der Waals surface area contributed by atoms with Crippen molar-refractivity contribution in [2.45, 2.75) is 5.22 Å². The van der Waals surface area contributed by atoms with Crippen LogP contribution in [0, 0.1) is 0 Å². The normalized spacial score (nSPS) is 10.6. The molecule has 0 atom stereocenters. The number of aromatic carboxylic acids is 1. The summed E-state index contributed by atoms with van der Waals surface area (Å²) in [5.74, 6) is -1.65. The average molecular weight is 327 g/mol. The number of hydrogen-bond donors (Lipinski definition) is 1. The first kappa shape index (κ1) is 15.1. The largest absolute Gasteiger partial charge is 0.545 e. The molecule has 3 rings (SSSR count). The molecule has 6 nitrogen and oxygen atoms in total. The third kappa shape index (κ3) is 3.51. The Morgan fingerprint density at radius 3 is 2.65 bits per heavy atom. The number of hydrogen-bond acceptors (Lipinski definition) is 6. The number of anilines is 1. The lowest BCUT2D eigenvalue weighted by molar-refractivity contribution is -0.254. The zero-order valence-corrected chi connectivity index (χ0v) is 12.6. The molecule has 3 aromatic rings. The van der Waals surface area contributed by atoms with E-state index in [1.54, 1.807) is 18.2 Å². The molecule has 1 amide bonds. The first-order valence-electron chi connectivity index (χ1n) is 6.72. The number of carbonyl (C=O) groups excluding carboxylic acids is 2. The molecule has 23 heavy (non-hydrogen) atoms. The molecule has 0 fully saturated rings. The molecule has 1 heterocycles. The Morgan fingerprint density at radius 1 is 1.13 bits per heavy atom. The summed E-state index contributed by atoms with van der Waals surface area (Å²) in [5.41, 5.74) is 1.51. The van der Waals surface area contributed by atoms with Crippen LogP contribution in [-0.4, -0.2) is 22.6 Å². The molecular formula is C16H11N2O4S-. The van der Waals surface area contributed by atoms with E-state index in [0.717, 1.165) is 17.3 Å². The Morgan fingerprint density at radius 2 is 1.87 bits per heavy atom. The van der Waals surface area contributed by atoms with Gasteiger partial charge in [-0.25, -0.2) is 4.98 Å². The average Bonchev–Trinajstić information content (AvgIpc) is 2.96. The molecule has 0 radical (unpaired) electrons. The molecule has 0 saturated carbocycles. The van der Waals surface area contributed by atoms with Crippen LogP contribution in [-0.2, 0) is 4.79 Å². The first-order chi connectivity index (χ1) is 11.1. The van der Waals surface area contributed by atoms with Gasteiger partial charge in [0.1, 0.15) is 5.52 Å². The molecule has 0 spiro atoms. The molecule has 0 aliphatic heterocycles. The SMILES string of the molecule is O=C(CSc1nc2ccccc2o1)Nc1ccccc1C(=O)[O-]. The number of carboxylic acids is 1. The summed E-state index contributed by atoms with van der Waals surface area (Å²) in [7, 11) is 0. The van der Waals surface area contributed by atoms with E-state index in [-0.39, 0.29) is 22.9 Å². The van der Waals surface area contributed by atoms with Gasteiger partial charge in [0.05, 0.1) is 11.7 Å². The van der Waals surface area contributed by atoms with Crippen LogP contribution in [0.5, 0.6) is 0 Å². The molecule has 0 unspecified atom stereocenters. The van der Waals surface area contributed by atoms with Crippen molar-refractivity contribution in [3.63, 3.8) is 0 Å². The molecule has 116 valence electrons. The van der Waals surface area contributed by atoms with Crippen LogP contribution in [0.1, 0.15) is 10.4 Å². The molecule has 2 aromatic carbocycles. The van der Waals surface area contributed by atoms with Crippen molar-refractivity contribution >= 4 is 40.4 Å². The fraction of sp³-hybridized carbons (Fsp3) is 0.0625. The highest BCUT2D eigenvalue weighted by atomic mass is 32.2. The van der Waals surface area contributed by atoms with Crippen LogP contribution in [0.3, 0.4) is 0 Å². The van der Waals surface area contributed by atoms with Gasteiger partial charge in [-0.2, -0.15) is 0 Å². The van der Waals surface area contributed by atoms with E-state index in [1.165, 1.54) is 12.1 Å². The first-order valence-corrected chi connectivity index (χ1v) is 7.70. The van der Waals surface area contributed by atoms with Gasteiger partial charge in [-0.1, -0.05) is 42.1 Å². The highest BCUT2D eigenvalue weighted by Gasteiger charge is 2.11. The third-order valence-electron chi connectivity index (χ3n) is 3.02.